The summed E-state index contributed by atoms with van der Waals surface area (Å²) in [5.74, 6) is -0.307. The van der Waals surface area contributed by atoms with Crippen molar-refractivity contribution in [1.29, 1.82) is 0 Å². The van der Waals surface area contributed by atoms with Gasteiger partial charge >= 0.3 is 0 Å². The molecule has 15 heavy (non-hydrogen) atoms. The molecule has 3 nitrogen and oxygen atoms in total. The topological polar surface area (TPSA) is 55.5 Å². The zero-order chi connectivity index (χ0) is 11.1. The number of rotatable bonds is 6. The lowest BCUT2D eigenvalue weighted by atomic mass is 10.2. The molecule has 1 aromatic carbocycles. The van der Waals surface area contributed by atoms with Gasteiger partial charge in [0.15, 0.2) is 11.6 Å². The van der Waals surface area contributed by atoms with E-state index in [1.54, 1.807) is 12.1 Å². The lowest BCUT2D eigenvalue weighted by molar-refractivity contribution is 0.262. The Morgan fingerprint density at radius 3 is 2.73 bits per heavy atom. The standard InChI is InChI=1S/C11H16FNO2/c12-9-5-4-6-10(13)11(9)15-8-3-1-2-7-14/h4-6,14H,1-3,7-8,13H2. The second-order valence-electron chi connectivity index (χ2n) is 3.29. The van der Waals surface area contributed by atoms with Crippen LogP contribution in [0.1, 0.15) is 19.3 Å². The van der Waals surface area contributed by atoms with Gasteiger partial charge in [0.05, 0.1) is 12.3 Å². The Morgan fingerprint density at radius 2 is 2.07 bits per heavy atom. The van der Waals surface area contributed by atoms with E-state index in [4.69, 9.17) is 15.6 Å². The van der Waals surface area contributed by atoms with E-state index in [1.165, 1.54) is 6.07 Å². The number of halogens is 1. The molecular formula is C11H16FNO2. The first-order chi connectivity index (χ1) is 7.25. The maximum atomic E-state index is 13.2. The fourth-order valence-electron chi connectivity index (χ4n) is 1.24. The Hall–Kier alpha value is -1.29. The van der Waals surface area contributed by atoms with Crippen molar-refractivity contribution in [2.45, 2.75) is 19.3 Å². The minimum absolute atomic E-state index is 0.126. The van der Waals surface area contributed by atoms with E-state index in [0.717, 1.165) is 19.3 Å². The van der Waals surface area contributed by atoms with Crippen molar-refractivity contribution < 1.29 is 14.2 Å². The molecule has 0 aliphatic rings. The highest BCUT2D eigenvalue weighted by Gasteiger charge is 2.06. The molecule has 0 aliphatic carbocycles. The van der Waals surface area contributed by atoms with E-state index in [9.17, 15) is 4.39 Å². The third-order valence-electron chi connectivity index (χ3n) is 2.05. The first-order valence-corrected chi connectivity index (χ1v) is 5.03. The Bertz CT molecular complexity index is 284. The second kappa shape index (κ2) is 6.24. The smallest absolute Gasteiger partial charge is 0.177 e. The monoisotopic (exact) mass is 213 g/mol. The van der Waals surface area contributed by atoms with Crippen LogP contribution >= 0.6 is 0 Å². The Kier molecular flexibility index (Phi) is 4.90. The maximum absolute atomic E-state index is 13.2. The third-order valence-corrected chi connectivity index (χ3v) is 2.05. The fraction of sp³-hybridized carbons (Fsp3) is 0.455. The molecule has 0 radical (unpaired) electrons. The number of hydrogen-bond donors (Lipinski definition) is 2. The van der Waals surface area contributed by atoms with Crippen molar-refractivity contribution in [3.05, 3.63) is 24.0 Å². The van der Waals surface area contributed by atoms with Crippen LogP contribution in [0.4, 0.5) is 10.1 Å². The van der Waals surface area contributed by atoms with Crippen molar-refractivity contribution in [1.82, 2.24) is 0 Å². The Labute approximate surface area is 88.7 Å². The zero-order valence-corrected chi connectivity index (χ0v) is 8.58. The SMILES string of the molecule is Nc1cccc(F)c1OCCCCCO. The molecule has 0 saturated heterocycles. The summed E-state index contributed by atoms with van der Waals surface area (Å²) in [6.07, 6.45) is 2.40. The average molecular weight is 213 g/mol. The van der Waals surface area contributed by atoms with Crippen molar-refractivity contribution in [2.75, 3.05) is 18.9 Å². The second-order valence-corrected chi connectivity index (χ2v) is 3.29. The van der Waals surface area contributed by atoms with Gasteiger partial charge in [-0.15, -0.1) is 0 Å². The third kappa shape index (κ3) is 3.75. The predicted molar refractivity (Wildman–Crippen MR) is 57.2 cm³/mol. The van der Waals surface area contributed by atoms with Gasteiger partial charge in [-0.2, -0.15) is 0 Å². The molecule has 0 heterocycles. The van der Waals surface area contributed by atoms with Crippen LogP contribution in [-0.4, -0.2) is 18.3 Å². The predicted octanol–water partition coefficient (Wildman–Crippen LogP) is 1.95. The number of ether oxygens (including phenoxy) is 1. The van der Waals surface area contributed by atoms with Crippen LogP contribution in [0.25, 0.3) is 0 Å². The van der Waals surface area contributed by atoms with Gasteiger partial charge in [0, 0.05) is 6.61 Å². The van der Waals surface area contributed by atoms with Crippen LogP contribution in [-0.2, 0) is 0 Å². The number of nitrogen functional groups attached to an aromatic ring is 1. The Balaban J connectivity index is 2.37. The van der Waals surface area contributed by atoms with Crippen molar-refractivity contribution in [2.24, 2.45) is 0 Å². The summed E-state index contributed by atoms with van der Waals surface area (Å²) in [6, 6.07) is 4.47. The van der Waals surface area contributed by atoms with Crippen LogP contribution in [0, 0.1) is 5.82 Å². The first kappa shape index (κ1) is 11.8. The number of unbranched alkanes of at least 4 members (excludes halogenated alkanes) is 2. The Morgan fingerprint density at radius 1 is 1.27 bits per heavy atom. The van der Waals surface area contributed by atoms with Crippen molar-refractivity contribution in [3.8, 4) is 5.75 Å². The van der Waals surface area contributed by atoms with E-state index in [-0.39, 0.29) is 12.4 Å². The average Bonchev–Trinajstić information content (AvgIpc) is 2.21. The van der Waals surface area contributed by atoms with Gasteiger partial charge < -0.3 is 15.6 Å². The first-order valence-electron chi connectivity index (χ1n) is 5.03. The van der Waals surface area contributed by atoms with Crippen LogP contribution in [0.3, 0.4) is 0 Å². The number of aliphatic hydroxyl groups is 1. The highest BCUT2D eigenvalue weighted by molar-refractivity contribution is 5.52. The molecule has 1 rings (SSSR count). The van der Waals surface area contributed by atoms with Gasteiger partial charge in [-0.3, -0.25) is 0 Å². The lowest BCUT2D eigenvalue weighted by Crippen LogP contribution is -2.02. The molecular weight excluding hydrogens is 197 g/mol. The molecule has 0 fully saturated rings. The minimum atomic E-state index is -0.433. The molecule has 0 unspecified atom stereocenters. The van der Waals surface area contributed by atoms with E-state index in [1.807, 2.05) is 0 Å². The molecule has 0 atom stereocenters. The van der Waals surface area contributed by atoms with Gasteiger partial charge in [0.1, 0.15) is 0 Å². The largest absolute Gasteiger partial charge is 0.488 e. The van der Waals surface area contributed by atoms with E-state index in [2.05, 4.69) is 0 Å². The molecule has 0 aliphatic heterocycles. The zero-order valence-electron chi connectivity index (χ0n) is 8.58. The van der Waals surface area contributed by atoms with Crippen molar-refractivity contribution >= 4 is 5.69 Å². The molecule has 0 aromatic heterocycles. The molecule has 0 spiro atoms. The molecule has 0 saturated carbocycles. The number of nitrogens with two attached hydrogens (primary N) is 1. The number of para-hydroxylation sites is 1. The summed E-state index contributed by atoms with van der Waals surface area (Å²) in [5.41, 5.74) is 5.87. The van der Waals surface area contributed by atoms with Gasteiger partial charge in [-0.25, -0.2) is 4.39 Å². The van der Waals surface area contributed by atoms with Crippen LogP contribution < -0.4 is 10.5 Å². The summed E-state index contributed by atoms with van der Waals surface area (Å²) < 4.78 is 18.4. The summed E-state index contributed by atoms with van der Waals surface area (Å²) in [5, 5.41) is 8.55. The normalized spacial score (nSPS) is 10.3. The quantitative estimate of drug-likeness (QED) is 0.561. The van der Waals surface area contributed by atoms with E-state index in [0.29, 0.717) is 12.3 Å². The number of aliphatic hydroxyl groups excluding tert-OH is 1. The molecule has 0 bridgehead atoms. The molecule has 1 aromatic rings. The lowest BCUT2D eigenvalue weighted by Gasteiger charge is -2.09. The van der Waals surface area contributed by atoms with Gasteiger partial charge in [-0.05, 0) is 31.4 Å². The highest BCUT2D eigenvalue weighted by Crippen LogP contribution is 2.24. The summed E-state index contributed by atoms with van der Waals surface area (Å²) >= 11 is 0. The van der Waals surface area contributed by atoms with E-state index >= 15 is 0 Å². The number of anilines is 1. The maximum Gasteiger partial charge on any atom is 0.177 e. The van der Waals surface area contributed by atoms with Crippen LogP contribution in [0.5, 0.6) is 5.75 Å². The van der Waals surface area contributed by atoms with Gasteiger partial charge in [0.2, 0.25) is 0 Å². The summed E-state index contributed by atoms with van der Waals surface area (Å²) in [4.78, 5) is 0. The fourth-order valence-corrected chi connectivity index (χ4v) is 1.24. The molecule has 0 amide bonds. The minimum Gasteiger partial charge on any atom is -0.488 e. The van der Waals surface area contributed by atoms with Crippen LogP contribution in [0.15, 0.2) is 18.2 Å². The van der Waals surface area contributed by atoms with E-state index < -0.39 is 5.82 Å². The highest BCUT2D eigenvalue weighted by atomic mass is 19.1. The summed E-state index contributed by atoms with van der Waals surface area (Å²) in [6.45, 7) is 0.604. The molecule has 3 N–H and O–H groups in total. The molecule has 4 heteroatoms. The van der Waals surface area contributed by atoms with Gasteiger partial charge in [0.25, 0.3) is 0 Å². The number of benzene rings is 1. The molecule has 84 valence electrons. The van der Waals surface area contributed by atoms with Crippen LogP contribution in [0.2, 0.25) is 0 Å². The van der Waals surface area contributed by atoms with Crippen molar-refractivity contribution in [3.63, 3.8) is 0 Å². The summed E-state index contributed by atoms with van der Waals surface area (Å²) in [7, 11) is 0. The number of hydrogen-bond acceptors (Lipinski definition) is 3. The van der Waals surface area contributed by atoms with Gasteiger partial charge in [-0.1, -0.05) is 6.07 Å².